The van der Waals surface area contributed by atoms with E-state index in [0.717, 1.165) is 6.26 Å². The van der Waals surface area contributed by atoms with Gasteiger partial charge in [-0.2, -0.15) is 0 Å². The van der Waals surface area contributed by atoms with E-state index >= 15 is 0 Å². The number of anilines is 1. The molecule has 1 aromatic carbocycles. The Morgan fingerprint density at radius 2 is 1.89 bits per heavy atom. The molecule has 1 aromatic heterocycles. The molecule has 2 aromatic rings. The minimum atomic E-state index is -3.41. The average Bonchev–Trinajstić information content (AvgIpc) is 2.75. The monoisotopic (exact) mass is 343 g/mol. The maximum atomic E-state index is 11.9. The van der Waals surface area contributed by atoms with Crippen LogP contribution in [-0.4, -0.2) is 20.6 Å². The van der Waals surface area contributed by atoms with Crippen LogP contribution < -0.4 is 5.32 Å². The Balaban J connectivity index is 2.32. The summed E-state index contributed by atoms with van der Waals surface area (Å²) in [6.07, 6.45) is 1.08. The standard InChI is InChI=1S/C12H10BrNO4S/c1-19(16,17)10-5-3-2-4-8(10)14-12(15)9-6-7-11(13)18-9/h2-7H,1H3,(H,14,15). The summed E-state index contributed by atoms with van der Waals surface area (Å²) in [5, 5.41) is 2.51. The van der Waals surface area contributed by atoms with Gasteiger partial charge in [-0.3, -0.25) is 4.79 Å². The molecule has 5 nitrogen and oxygen atoms in total. The van der Waals surface area contributed by atoms with Crippen LogP contribution in [0.3, 0.4) is 0 Å². The number of benzene rings is 1. The molecule has 19 heavy (non-hydrogen) atoms. The fourth-order valence-corrected chi connectivity index (χ4v) is 2.66. The third-order valence-corrected chi connectivity index (χ3v) is 3.91. The number of carbonyl (C=O) groups excluding carboxylic acids is 1. The van der Waals surface area contributed by atoms with Gasteiger partial charge in [0.15, 0.2) is 20.3 Å². The molecule has 100 valence electrons. The van der Waals surface area contributed by atoms with Crippen LogP contribution >= 0.6 is 15.9 Å². The van der Waals surface area contributed by atoms with Crippen molar-refractivity contribution < 1.29 is 17.6 Å². The van der Waals surface area contributed by atoms with Crippen molar-refractivity contribution in [3.63, 3.8) is 0 Å². The van der Waals surface area contributed by atoms with Crippen molar-refractivity contribution in [1.29, 1.82) is 0 Å². The number of hydrogen-bond donors (Lipinski definition) is 1. The van der Waals surface area contributed by atoms with Crippen LogP contribution in [0.4, 0.5) is 5.69 Å². The Kier molecular flexibility index (Phi) is 3.77. The summed E-state index contributed by atoms with van der Waals surface area (Å²) in [6, 6.07) is 9.26. The van der Waals surface area contributed by atoms with Gasteiger partial charge in [-0.15, -0.1) is 0 Å². The van der Waals surface area contributed by atoms with Gasteiger partial charge in [0, 0.05) is 6.26 Å². The Morgan fingerprint density at radius 3 is 2.47 bits per heavy atom. The van der Waals surface area contributed by atoms with Crippen LogP contribution in [0.1, 0.15) is 10.6 Å². The zero-order chi connectivity index (χ0) is 14.0. The fraction of sp³-hybridized carbons (Fsp3) is 0.0833. The number of rotatable bonds is 3. The normalized spacial score (nSPS) is 11.3. The van der Waals surface area contributed by atoms with Gasteiger partial charge >= 0.3 is 0 Å². The van der Waals surface area contributed by atoms with Crippen LogP contribution in [0.25, 0.3) is 0 Å². The highest BCUT2D eigenvalue weighted by Crippen LogP contribution is 2.22. The molecule has 0 fully saturated rings. The highest BCUT2D eigenvalue weighted by atomic mass is 79.9. The Hall–Kier alpha value is -1.60. The molecule has 0 spiro atoms. The highest BCUT2D eigenvalue weighted by molar-refractivity contribution is 9.10. The van der Waals surface area contributed by atoms with Crippen molar-refractivity contribution in [2.24, 2.45) is 0 Å². The Labute approximate surface area is 118 Å². The van der Waals surface area contributed by atoms with Gasteiger partial charge in [0.25, 0.3) is 5.91 Å². The molecule has 0 radical (unpaired) electrons. The summed E-state index contributed by atoms with van der Waals surface area (Å²) in [6.45, 7) is 0. The highest BCUT2D eigenvalue weighted by Gasteiger charge is 2.16. The predicted octanol–water partition coefficient (Wildman–Crippen LogP) is 2.70. The molecule has 0 aliphatic carbocycles. The molecular weight excluding hydrogens is 334 g/mol. The summed E-state index contributed by atoms with van der Waals surface area (Å²) in [5.74, 6) is -0.419. The minimum Gasteiger partial charge on any atom is -0.444 e. The molecule has 0 saturated heterocycles. The molecular formula is C12H10BrNO4S. The number of amides is 1. The number of carbonyl (C=O) groups is 1. The Bertz CT molecular complexity index is 721. The van der Waals surface area contributed by atoms with Crippen molar-refractivity contribution in [1.82, 2.24) is 0 Å². The second-order valence-corrected chi connectivity index (χ2v) is 6.59. The van der Waals surface area contributed by atoms with Crippen LogP contribution in [-0.2, 0) is 9.84 Å². The lowest BCUT2D eigenvalue weighted by atomic mass is 10.3. The number of halogens is 1. The molecule has 2 rings (SSSR count). The predicted molar refractivity (Wildman–Crippen MR) is 73.9 cm³/mol. The van der Waals surface area contributed by atoms with E-state index in [-0.39, 0.29) is 16.3 Å². The van der Waals surface area contributed by atoms with Crippen LogP contribution in [0, 0.1) is 0 Å². The van der Waals surface area contributed by atoms with Crippen molar-refractivity contribution in [3.8, 4) is 0 Å². The zero-order valence-corrected chi connectivity index (χ0v) is 12.3. The number of nitrogens with one attached hydrogen (secondary N) is 1. The van der Waals surface area contributed by atoms with Crippen molar-refractivity contribution in [2.45, 2.75) is 4.90 Å². The van der Waals surface area contributed by atoms with Gasteiger partial charge in [0.1, 0.15) is 0 Å². The second-order valence-electron chi connectivity index (χ2n) is 3.83. The van der Waals surface area contributed by atoms with Gasteiger partial charge in [0.2, 0.25) is 0 Å². The molecule has 0 aliphatic rings. The first kappa shape index (κ1) is 13.8. The summed E-state index contributed by atoms with van der Waals surface area (Å²) in [7, 11) is -3.41. The van der Waals surface area contributed by atoms with Gasteiger partial charge in [0.05, 0.1) is 10.6 Å². The van der Waals surface area contributed by atoms with Crippen LogP contribution in [0.15, 0.2) is 50.4 Å². The van der Waals surface area contributed by atoms with E-state index in [0.29, 0.717) is 4.67 Å². The molecule has 0 atom stereocenters. The molecule has 1 heterocycles. The Morgan fingerprint density at radius 1 is 1.21 bits per heavy atom. The first-order valence-corrected chi connectivity index (χ1v) is 7.92. The summed E-state index contributed by atoms with van der Waals surface area (Å²) in [5.41, 5.74) is 0.225. The van der Waals surface area contributed by atoms with E-state index in [9.17, 15) is 13.2 Å². The zero-order valence-electron chi connectivity index (χ0n) is 9.88. The molecule has 0 aliphatic heterocycles. The number of hydrogen-bond acceptors (Lipinski definition) is 4. The lowest BCUT2D eigenvalue weighted by Crippen LogP contribution is -2.13. The van der Waals surface area contributed by atoms with Crippen molar-refractivity contribution >= 4 is 37.4 Å². The van der Waals surface area contributed by atoms with E-state index in [1.807, 2.05) is 0 Å². The van der Waals surface area contributed by atoms with E-state index < -0.39 is 15.7 Å². The quantitative estimate of drug-likeness (QED) is 0.929. The van der Waals surface area contributed by atoms with Crippen molar-refractivity contribution in [2.75, 3.05) is 11.6 Å². The first-order valence-electron chi connectivity index (χ1n) is 5.24. The lowest BCUT2D eigenvalue weighted by molar-refractivity contribution is 0.0995. The number of sulfone groups is 1. The van der Waals surface area contributed by atoms with Crippen LogP contribution in [0.5, 0.6) is 0 Å². The topological polar surface area (TPSA) is 76.4 Å². The van der Waals surface area contributed by atoms with E-state index in [2.05, 4.69) is 21.2 Å². The first-order chi connectivity index (χ1) is 8.88. The summed E-state index contributed by atoms with van der Waals surface area (Å²) >= 11 is 3.09. The summed E-state index contributed by atoms with van der Waals surface area (Å²) in [4.78, 5) is 11.9. The smallest absolute Gasteiger partial charge is 0.291 e. The minimum absolute atomic E-state index is 0.0639. The van der Waals surface area contributed by atoms with Crippen molar-refractivity contribution in [3.05, 3.63) is 46.8 Å². The molecule has 1 amide bonds. The second kappa shape index (κ2) is 5.18. The van der Waals surface area contributed by atoms with E-state index in [1.54, 1.807) is 18.2 Å². The molecule has 0 saturated carbocycles. The maximum absolute atomic E-state index is 11.9. The number of para-hydroxylation sites is 1. The van der Waals surface area contributed by atoms with Crippen LogP contribution in [0.2, 0.25) is 0 Å². The van der Waals surface area contributed by atoms with Gasteiger partial charge in [-0.25, -0.2) is 8.42 Å². The van der Waals surface area contributed by atoms with Gasteiger partial charge in [-0.05, 0) is 40.2 Å². The average molecular weight is 344 g/mol. The molecule has 0 unspecified atom stereocenters. The van der Waals surface area contributed by atoms with E-state index in [4.69, 9.17) is 4.42 Å². The lowest BCUT2D eigenvalue weighted by Gasteiger charge is -2.08. The third kappa shape index (κ3) is 3.24. The van der Waals surface area contributed by atoms with E-state index in [1.165, 1.54) is 18.2 Å². The largest absolute Gasteiger partial charge is 0.444 e. The fourth-order valence-electron chi connectivity index (χ4n) is 1.51. The summed E-state index contributed by atoms with van der Waals surface area (Å²) < 4.78 is 28.7. The molecule has 7 heteroatoms. The maximum Gasteiger partial charge on any atom is 0.291 e. The molecule has 0 bridgehead atoms. The van der Waals surface area contributed by atoms with Gasteiger partial charge < -0.3 is 9.73 Å². The third-order valence-electron chi connectivity index (χ3n) is 2.33. The SMILES string of the molecule is CS(=O)(=O)c1ccccc1NC(=O)c1ccc(Br)o1. The number of furan rings is 1. The molecule has 1 N–H and O–H groups in total. The van der Waals surface area contributed by atoms with Gasteiger partial charge in [-0.1, -0.05) is 12.1 Å².